The molecule has 19 heavy (non-hydrogen) atoms. The molecule has 0 aromatic carbocycles. The molecule has 0 fully saturated rings. The first-order chi connectivity index (χ1) is 8.62. The highest BCUT2D eigenvalue weighted by atomic mass is 14.4. The van der Waals surface area contributed by atoms with Gasteiger partial charge in [0.15, 0.2) is 0 Å². The second-order valence-electron chi connectivity index (χ2n) is 7.93. The molecule has 0 aromatic rings. The van der Waals surface area contributed by atoms with Gasteiger partial charge in [0.25, 0.3) is 0 Å². The Bertz CT molecular complexity index is 493. The fourth-order valence-electron chi connectivity index (χ4n) is 3.18. The zero-order valence-corrected chi connectivity index (χ0v) is 13.5. The lowest BCUT2D eigenvalue weighted by Crippen LogP contribution is -2.20. The topological polar surface area (TPSA) is 0 Å². The van der Waals surface area contributed by atoms with Crippen molar-refractivity contribution in [3.63, 3.8) is 0 Å². The summed E-state index contributed by atoms with van der Waals surface area (Å²) in [4.78, 5) is 0. The van der Waals surface area contributed by atoms with Crippen LogP contribution in [0.1, 0.15) is 54.9 Å². The zero-order valence-electron chi connectivity index (χ0n) is 13.5. The van der Waals surface area contributed by atoms with Gasteiger partial charge in [0, 0.05) is 5.92 Å². The molecule has 0 nitrogen and oxygen atoms in total. The van der Waals surface area contributed by atoms with Crippen molar-refractivity contribution in [2.75, 3.05) is 0 Å². The summed E-state index contributed by atoms with van der Waals surface area (Å²) in [6, 6.07) is 0. The molecular weight excluding hydrogens is 228 g/mol. The van der Waals surface area contributed by atoms with Crippen molar-refractivity contribution in [2.24, 2.45) is 16.7 Å². The number of hydrogen-bond acceptors (Lipinski definition) is 0. The molecule has 0 heterocycles. The van der Waals surface area contributed by atoms with Gasteiger partial charge in [-0.15, -0.1) is 0 Å². The third-order valence-electron chi connectivity index (χ3n) is 4.09. The van der Waals surface area contributed by atoms with E-state index in [1.807, 2.05) is 0 Å². The van der Waals surface area contributed by atoms with Crippen molar-refractivity contribution >= 4 is 0 Å². The number of rotatable bonds is 1. The van der Waals surface area contributed by atoms with Crippen LogP contribution in [0.25, 0.3) is 0 Å². The maximum atomic E-state index is 3.82. The Labute approximate surface area is 119 Å². The average molecular weight is 255 g/mol. The summed E-state index contributed by atoms with van der Waals surface area (Å²) in [5.74, 6) is 0.424. The molecule has 1 unspecified atom stereocenters. The predicted molar refractivity (Wildman–Crippen MR) is 83.7 cm³/mol. The van der Waals surface area contributed by atoms with Crippen LogP contribution >= 0.6 is 0 Å². The van der Waals surface area contributed by atoms with Crippen LogP contribution in [-0.2, 0) is 0 Å². The van der Waals surface area contributed by atoms with E-state index >= 15 is 0 Å². The molecule has 0 amide bonds. The van der Waals surface area contributed by atoms with Crippen molar-refractivity contribution in [2.45, 2.75) is 54.9 Å². The van der Waals surface area contributed by atoms with E-state index in [1.165, 1.54) is 22.3 Å². The van der Waals surface area contributed by atoms with Crippen LogP contribution < -0.4 is 0 Å². The third-order valence-corrected chi connectivity index (χ3v) is 4.09. The standard InChI is InChI=1S/C19H27/c1-13-15(18(2,3)4)12-16(19(5,6)7)17(13)14-10-8-9-11-14/h8-10,16H,11H2,1-7H3. The van der Waals surface area contributed by atoms with E-state index in [-0.39, 0.29) is 10.8 Å². The Morgan fingerprint density at radius 3 is 2.16 bits per heavy atom. The quantitative estimate of drug-likeness (QED) is 0.568. The molecule has 2 aliphatic carbocycles. The van der Waals surface area contributed by atoms with Gasteiger partial charge in [-0.2, -0.15) is 0 Å². The van der Waals surface area contributed by atoms with Gasteiger partial charge in [-0.05, 0) is 52.5 Å². The van der Waals surface area contributed by atoms with E-state index < -0.39 is 0 Å². The van der Waals surface area contributed by atoms with Gasteiger partial charge >= 0.3 is 0 Å². The molecule has 2 aliphatic rings. The average Bonchev–Trinajstić information content (AvgIpc) is 2.80. The first-order valence-electron chi connectivity index (χ1n) is 7.33. The molecule has 0 bridgehead atoms. The number of hydrogen-bond donors (Lipinski definition) is 0. The van der Waals surface area contributed by atoms with Crippen LogP contribution in [0.3, 0.4) is 0 Å². The van der Waals surface area contributed by atoms with Crippen LogP contribution in [0, 0.1) is 22.8 Å². The normalized spacial score (nSPS) is 24.1. The van der Waals surface area contributed by atoms with Crippen LogP contribution in [0.4, 0.5) is 0 Å². The SMILES string of the molecule is CC1=C(C2=CC=CC2)C(C(C)(C)C)[C]=C1C(C)(C)C. The summed E-state index contributed by atoms with van der Waals surface area (Å²) < 4.78 is 0. The first kappa shape index (κ1) is 14.4. The lowest BCUT2D eigenvalue weighted by atomic mass is 9.75. The number of allylic oxidation sites excluding steroid dienone is 8. The molecule has 1 atom stereocenters. The van der Waals surface area contributed by atoms with Gasteiger partial charge in [-0.25, -0.2) is 0 Å². The minimum atomic E-state index is 0.182. The summed E-state index contributed by atoms with van der Waals surface area (Å²) >= 11 is 0. The molecular formula is C19H27. The molecule has 0 saturated heterocycles. The summed E-state index contributed by atoms with van der Waals surface area (Å²) in [7, 11) is 0. The fourth-order valence-corrected chi connectivity index (χ4v) is 3.18. The molecule has 0 aromatic heterocycles. The molecule has 0 spiro atoms. The first-order valence-corrected chi connectivity index (χ1v) is 7.33. The van der Waals surface area contributed by atoms with E-state index in [4.69, 9.17) is 0 Å². The van der Waals surface area contributed by atoms with E-state index in [9.17, 15) is 0 Å². The lowest BCUT2D eigenvalue weighted by Gasteiger charge is -2.29. The minimum absolute atomic E-state index is 0.182. The summed E-state index contributed by atoms with van der Waals surface area (Å²) in [6.07, 6.45) is 11.6. The molecule has 0 heteroatoms. The van der Waals surface area contributed by atoms with E-state index in [0.717, 1.165) is 6.42 Å². The maximum Gasteiger partial charge on any atom is 0.0150 e. The van der Waals surface area contributed by atoms with Gasteiger partial charge in [0.2, 0.25) is 0 Å². The summed E-state index contributed by atoms with van der Waals surface area (Å²) in [5, 5.41) is 0. The van der Waals surface area contributed by atoms with Crippen molar-refractivity contribution in [3.05, 3.63) is 46.6 Å². The van der Waals surface area contributed by atoms with Gasteiger partial charge in [0.05, 0.1) is 0 Å². The Morgan fingerprint density at radius 1 is 1.11 bits per heavy atom. The Kier molecular flexibility index (Phi) is 3.41. The second kappa shape index (κ2) is 4.51. The summed E-state index contributed by atoms with van der Waals surface area (Å²) in [6.45, 7) is 16.1. The highest BCUT2D eigenvalue weighted by Crippen LogP contribution is 2.49. The monoisotopic (exact) mass is 255 g/mol. The smallest absolute Gasteiger partial charge is 0.0150 e. The zero-order chi connectivity index (χ0) is 14.4. The Balaban J connectivity index is 2.51. The third kappa shape index (κ3) is 2.63. The predicted octanol–water partition coefficient (Wildman–Crippen LogP) is 5.64. The molecule has 0 aliphatic heterocycles. The molecule has 1 radical (unpaired) electrons. The van der Waals surface area contributed by atoms with Gasteiger partial charge in [-0.1, -0.05) is 59.8 Å². The van der Waals surface area contributed by atoms with Crippen LogP contribution in [0.5, 0.6) is 0 Å². The Morgan fingerprint density at radius 2 is 1.74 bits per heavy atom. The van der Waals surface area contributed by atoms with Gasteiger partial charge in [0.1, 0.15) is 0 Å². The molecule has 2 rings (SSSR count). The fraction of sp³-hybridized carbons (Fsp3) is 0.579. The van der Waals surface area contributed by atoms with Crippen molar-refractivity contribution in [1.29, 1.82) is 0 Å². The Hall–Kier alpha value is -1.04. The molecule has 0 N–H and O–H groups in total. The largest absolute Gasteiger partial charge is 0.0801 e. The lowest BCUT2D eigenvalue weighted by molar-refractivity contribution is 0.326. The van der Waals surface area contributed by atoms with E-state index in [2.05, 4.69) is 72.8 Å². The van der Waals surface area contributed by atoms with Crippen LogP contribution in [0.2, 0.25) is 0 Å². The second-order valence-corrected chi connectivity index (χ2v) is 7.93. The van der Waals surface area contributed by atoms with E-state index in [0.29, 0.717) is 5.92 Å². The van der Waals surface area contributed by atoms with Crippen LogP contribution in [0.15, 0.2) is 40.5 Å². The van der Waals surface area contributed by atoms with Gasteiger partial charge in [-0.3, -0.25) is 0 Å². The molecule has 0 saturated carbocycles. The summed E-state index contributed by atoms with van der Waals surface area (Å²) in [5.41, 5.74) is 6.30. The van der Waals surface area contributed by atoms with Crippen molar-refractivity contribution in [1.82, 2.24) is 0 Å². The van der Waals surface area contributed by atoms with Crippen molar-refractivity contribution in [3.8, 4) is 0 Å². The van der Waals surface area contributed by atoms with Crippen LogP contribution in [-0.4, -0.2) is 0 Å². The minimum Gasteiger partial charge on any atom is -0.0801 e. The maximum absolute atomic E-state index is 3.82. The van der Waals surface area contributed by atoms with Gasteiger partial charge < -0.3 is 0 Å². The highest BCUT2D eigenvalue weighted by Gasteiger charge is 2.37. The van der Waals surface area contributed by atoms with E-state index in [1.54, 1.807) is 0 Å². The van der Waals surface area contributed by atoms with Crippen molar-refractivity contribution < 1.29 is 0 Å². The molecule has 103 valence electrons. The highest BCUT2D eigenvalue weighted by molar-refractivity contribution is 5.55.